The molecule has 3 heteroatoms. The molecule has 1 fully saturated rings. The number of nitrogens with one attached hydrogen (secondary N) is 1. The van der Waals surface area contributed by atoms with Gasteiger partial charge < -0.3 is 5.32 Å². The lowest BCUT2D eigenvalue weighted by Crippen LogP contribution is -2.36. The number of para-hydroxylation sites is 1. The second-order valence-corrected chi connectivity index (χ2v) is 5.37. The summed E-state index contributed by atoms with van der Waals surface area (Å²) in [6, 6.07) is 10.9. The Morgan fingerprint density at radius 2 is 2.06 bits per heavy atom. The second-order valence-electron chi connectivity index (χ2n) is 4.76. The summed E-state index contributed by atoms with van der Waals surface area (Å²) in [5.41, 5.74) is 2.24. The minimum absolute atomic E-state index is 0.341. The van der Waals surface area contributed by atoms with Crippen LogP contribution in [0.4, 0.5) is 5.82 Å². The number of nitrogens with zero attached hydrogens (tertiary/aromatic N) is 1. The molecule has 1 aliphatic carbocycles. The van der Waals surface area contributed by atoms with E-state index in [2.05, 4.69) is 29.4 Å². The first-order valence-electron chi connectivity index (χ1n) is 5.99. The van der Waals surface area contributed by atoms with Crippen LogP contribution in [0.25, 0.3) is 10.9 Å². The molecule has 2 aromatic rings. The van der Waals surface area contributed by atoms with Crippen LogP contribution in [0.2, 0.25) is 0 Å². The first kappa shape index (κ1) is 10.8. The molecule has 1 N–H and O–H groups in total. The third-order valence-corrected chi connectivity index (χ3v) is 3.69. The number of alkyl halides is 1. The average molecular weight is 247 g/mol. The van der Waals surface area contributed by atoms with E-state index in [9.17, 15) is 0 Å². The molecule has 0 aliphatic heterocycles. The van der Waals surface area contributed by atoms with Gasteiger partial charge in [-0.3, -0.25) is 0 Å². The maximum atomic E-state index is 5.98. The molecule has 1 aliphatic rings. The fourth-order valence-electron chi connectivity index (χ4n) is 2.23. The fourth-order valence-corrected chi connectivity index (χ4v) is 2.66. The van der Waals surface area contributed by atoms with E-state index in [1.54, 1.807) is 0 Å². The van der Waals surface area contributed by atoms with Gasteiger partial charge in [0.05, 0.1) is 5.52 Å². The molecule has 0 bridgehead atoms. The third-order valence-electron chi connectivity index (χ3n) is 3.34. The number of pyridine rings is 1. The molecular formula is C14H15ClN2. The Kier molecular flexibility index (Phi) is 2.67. The first-order valence-corrected chi connectivity index (χ1v) is 6.43. The van der Waals surface area contributed by atoms with Crippen molar-refractivity contribution in [2.24, 2.45) is 0 Å². The highest BCUT2D eigenvalue weighted by atomic mass is 35.5. The number of halogens is 1. The largest absolute Gasteiger partial charge is 0.367 e. The van der Waals surface area contributed by atoms with Crippen molar-refractivity contribution in [3.05, 3.63) is 35.9 Å². The molecule has 0 amide bonds. The average Bonchev–Trinajstić information content (AvgIpc) is 2.28. The van der Waals surface area contributed by atoms with E-state index in [4.69, 9.17) is 11.6 Å². The van der Waals surface area contributed by atoms with Crippen molar-refractivity contribution in [2.75, 3.05) is 5.32 Å². The Labute approximate surface area is 106 Å². The lowest BCUT2D eigenvalue weighted by molar-refractivity contribution is 0.453. The molecule has 0 unspecified atom stereocenters. The number of aryl methyl sites for hydroxylation is 1. The van der Waals surface area contributed by atoms with Crippen LogP contribution in [0.3, 0.4) is 0 Å². The van der Waals surface area contributed by atoms with Gasteiger partial charge in [0.15, 0.2) is 0 Å². The van der Waals surface area contributed by atoms with Gasteiger partial charge in [-0.2, -0.15) is 0 Å². The maximum absolute atomic E-state index is 5.98. The van der Waals surface area contributed by atoms with Crippen LogP contribution in [0, 0.1) is 6.92 Å². The zero-order chi connectivity index (χ0) is 11.8. The number of benzene rings is 1. The van der Waals surface area contributed by atoms with E-state index in [0.29, 0.717) is 11.4 Å². The van der Waals surface area contributed by atoms with E-state index in [-0.39, 0.29) is 0 Å². The number of aromatic nitrogens is 1. The van der Waals surface area contributed by atoms with Crippen LogP contribution in [-0.2, 0) is 0 Å². The topological polar surface area (TPSA) is 24.9 Å². The van der Waals surface area contributed by atoms with Gasteiger partial charge >= 0.3 is 0 Å². The third kappa shape index (κ3) is 2.09. The molecule has 0 atom stereocenters. The van der Waals surface area contributed by atoms with Gasteiger partial charge in [0.1, 0.15) is 5.82 Å². The molecule has 17 heavy (non-hydrogen) atoms. The first-order chi connectivity index (χ1) is 8.22. The summed E-state index contributed by atoms with van der Waals surface area (Å²) in [5, 5.41) is 5.01. The summed E-state index contributed by atoms with van der Waals surface area (Å²) in [6.07, 6.45) is 2.07. The number of hydrogen-bond donors (Lipinski definition) is 1. The van der Waals surface area contributed by atoms with Gasteiger partial charge in [0.2, 0.25) is 0 Å². The van der Waals surface area contributed by atoms with Gasteiger partial charge in [-0.25, -0.2) is 4.98 Å². The van der Waals surface area contributed by atoms with Crippen molar-refractivity contribution >= 4 is 28.3 Å². The van der Waals surface area contributed by atoms with Crippen molar-refractivity contribution in [1.82, 2.24) is 4.98 Å². The van der Waals surface area contributed by atoms with Crippen molar-refractivity contribution in [2.45, 2.75) is 31.2 Å². The Morgan fingerprint density at radius 3 is 2.82 bits per heavy atom. The van der Waals surface area contributed by atoms with Gasteiger partial charge in [-0.1, -0.05) is 18.2 Å². The molecule has 0 radical (unpaired) electrons. The van der Waals surface area contributed by atoms with Gasteiger partial charge in [0, 0.05) is 16.8 Å². The monoisotopic (exact) mass is 246 g/mol. The van der Waals surface area contributed by atoms with Gasteiger partial charge in [0.25, 0.3) is 0 Å². The minimum Gasteiger partial charge on any atom is -0.367 e. The Morgan fingerprint density at radius 1 is 1.29 bits per heavy atom. The Bertz CT molecular complexity index is 547. The molecule has 0 spiro atoms. The molecule has 1 aromatic heterocycles. The van der Waals surface area contributed by atoms with E-state index >= 15 is 0 Å². The summed E-state index contributed by atoms with van der Waals surface area (Å²) in [7, 11) is 0. The van der Waals surface area contributed by atoms with Crippen LogP contribution in [0.1, 0.15) is 18.4 Å². The predicted octanol–water partition coefficient (Wildman–Crippen LogP) is 3.72. The minimum atomic E-state index is 0.341. The quantitative estimate of drug-likeness (QED) is 0.817. The molecule has 1 saturated carbocycles. The lowest BCUT2D eigenvalue weighted by atomic mass is 9.92. The molecule has 3 rings (SSSR count). The van der Waals surface area contributed by atoms with E-state index in [0.717, 1.165) is 24.2 Å². The molecule has 0 saturated heterocycles. The van der Waals surface area contributed by atoms with E-state index < -0.39 is 0 Å². The van der Waals surface area contributed by atoms with Crippen molar-refractivity contribution in [3.63, 3.8) is 0 Å². The van der Waals surface area contributed by atoms with Crippen LogP contribution in [-0.4, -0.2) is 16.4 Å². The summed E-state index contributed by atoms with van der Waals surface area (Å²) in [5.74, 6) is 0.997. The van der Waals surface area contributed by atoms with Gasteiger partial charge in [-0.05, 0) is 37.5 Å². The van der Waals surface area contributed by atoms with Gasteiger partial charge in [-0.15, -0.1) is 11.6 Å². The highest BCUT2D eigenvalue weighted by Gasteiger charge is 2.27. The predicted molar refractivity (Wildman–Crippen MR) is 72.8 cm³/mol. The van der Waals surface area contributed by atoms with E-state index in [1.165, 1.54) is 10.9 Å². The lowest BCUT2D eigenvalue weighted by Gasteiger charge is -2.32. The number of fused-ring (bicyclic) bond motifs is 1. The number of anilines is 1. The molecule has 88 valence electrons. The summed E-state index contributed by atoms with van der Waals surface area (Å²) < 4.78 is 0. The Hall–Kier alpha value is -1.28. The zero-order valence-corrected chi connectivity index (χ0v) is 10.5. The number of rotatable bonds is 2. The smallest absolute Gasteiger partial charge is 0.129 e. The van der Waals surface area contributed by atoms with E-state index in [1.807, 2.05) is 18.2 Å². The zero-order valence-electron chi connectivity index (χ0n) is 9.78. The van der Waals surface area contributed by atoms with Crippen molar-refractivity contribution in [1.29, 1.82) is 0 Å². The molecule has 1 heterocycles. The molecular weight excluding hydrogens is 232 g/mol. The second kappa shape index (κ2) is 4.19. The molecule has 1 aromatic carbocycles. The maximum Gasteiger partial charge on any atom is 0.129 e. The summed E-state index contributed by atoms with van der Waals surface area (Å²) >= 11 is 5.98. The highest BCUT2D eigenvalue weighted by Crippen LogP contribution is 2.29. The number of hydrogen-bond acceptors (Lipinski definition) is 2. The summed E-state index contributed by atoms with van der Waals surface area (Å²) in [6.45, 7) is 2.10. The Balaban J connectivity index is 1.90. The van der Waals surface area contributed by atoms with Crippen LogP contribution >= 0.6 is 11.6 Å². The van der Waals surface area contributed by atoms with Crippen molar-refractivity contribution < 1.29 is 0 Å². The molecule has 2 nitrogen and oxygen atoms in total. The van der Waals surface area contributed by atoms with Crippen LogP contribution < -0.4 is 5.32 Å². The normalized spacial score (nSPS) is 23.4. The SMILES string of the molecule is Cc1cc2ccccc2nc1NC1CC(Cl)C1. The van der Waals surface area contributed by atoms with Crippen molar-refractivity contribution in [3.8, 4) is 0 Å². The van der Waals surface area contributed by atoms with Crippen LogP contribution in [0.15, 0.2) is 30.3 Å². The van der Waals surface area contributed by atoms with Crippen LogP contribution in [0.5, 0.6) is 0 Å². The standard InChI is InChI=1S/C14H15ClN2/c1-9-6-10-4-2-3-5-13(10)17-14(9)16-12-7-11(15)8-12/h2-6,11-12H,7-8H2,1H3,(H,16,17). The fraction of sp³-hybridized carbons (Fsp3) is 0.357. The highest BCUT2D eigenvalue weighted by molar-refractivity contribution is 6.21. The summed E-state index contributed by atoms with van der Waals surface area (Å²) in [4.78, 5) is 4.67.